The van der Waals surface area contributed by atoms with Gasteiger partial charge in [-0.3, -0.25) is 57.5 Å². The maximum atomic E-state index is 16.3. The average molecular weight is 1760 g/mol. The third kappa shape index (κ3) is 23.9. The summed E-state index contributed by atoms with van der Waals surface area (Å²) in [5.74, 6) is -9.51. The van der Waals surface area contributed by atoms with Crippen LogP contribution in [-0.2, 0) is 122 Å². The van der Waals surface area contributed by atoms with Gasteiger partial charge in [0.2, 0.25) is 65.0 Å². The topological polar surface area (TPSA) is 411 Å². The van der Waals surface area contributed by atoms with Crippen LogP contribution < -0.4 is 52.6 Å². The number of amides is 12. The molecule has 2 saturated heterocycles. The summed E-state index contributed by atoms with van der Waals surface area (Å²) in [6, 6.07) is 29.6. The van der Waals surface area contributed by atoms with Crippen LogP contribution in [0, 0.1) is 5.82 Å². The number of carbonyl (C=O) groups is 13. The molecule has 10 N–H and O–H groups in total. The first kappa shape index (κ1) is 93.2. The lowest BCUT2D eigenvalue weighted by molar-refractivity contribution is -0.148. The number of aliphatic hydroxyl groups excluding tert-OH is 1. The predicted molar refractivity (Wildman–Crippen MR) is 468 cm³/mol. The standard InChI is InChI=1S/C95H114FN13O19/c1-58-86(115)101-75(31-28-67(111)55-126-46-45-125-44-39-98-94(123)128-56-74-71-19-9-7-17-69(71)70-18-8-10-20-72(70)74)87(116)102-76-49-63-15-13-16-64(47-63)52-99-82(113)57-127-80-36-43-108-85(80)90(119)105-84(59(2)110)89(118)104-77(48-61-25-29-68(124-4)30-26-61)92(121)109-42-14-37-95(109,3)93(122)97-38-35-60-21-23-62(24-22-60)53-107(83(114)34-33-81(112)100-58)41-12-6-5-11-40-106-54-65(50-78(91(108)120)103-88(76)117)73-51-66(96)27-32-79(73)106/h7-10,13,15-27,29-30,32,47,51,54,58-59,74-78,80,84-85,110H,5-6,11-12,14,28,31,33-46,48-50,52-53,55-57H2,1-4H3,(H,97,122)(H,98,123)(H,99,113)(H,100,112)(H,101,115)(H,102,116)(H,103,117)(H,104,118)(H,105,119)/t58-,59+,75+,76-,77-,78-,80-,84-,85-,95-/m0/s1. The average Bonchev–Trinajstić information content (AvgIpc) is 1.62. The highest BCUT2D eigenvalue weighted by Crippen LogP contribution is 2.45. The molecular weight excluding hydrogens is 1650 g/mol. The number of methoxy groups -OCH3 is 1. The van der Waals surface area contributed by atoms with Gasteiger partial charge in [0.25, 0.3) is 0 Å². The summed E-state index contributed by atoms with van der Waals surface area (Å²) in [6.07, 6.45) is -0.919. The van der Waals surface area contributed by atoms with E-state index in [4.69, 9.17) is 23.7 Å². The van der Waals surface area contributed by atoms with Crippen molar-refractivity contribution < 1.29 is 95.5 Å². The number of hydrogen-bond donors (Lipinski definition) is 10. The molecule has 0 unspecified atom stereocenters. The molecule has 14 rings (SSSR count). The van der Waals surface area contributed by atoms with E-state index in [-0.39, 0.29) is 123 Å². The SMILES string of the molecule is COc1ccc(C[C@@H]2NC(=O)[C@H]([C@@H](C)O)NC(=O)[C@@H]3[C@@H]4CCN3C(=O)[C@@H]3Cc5cn(c6ccc(F)cc56)CCCCCCN(Cc5ccc(cc5)CCNC(=O)[C@]5(C)CCCN5C2=O)C(=O)CCC(=O)N[C@@H](C)C(=O)N[C@H](CCC(=O)COCCOCCNC(=O)OCC2c5ccccc5-c5ccccc52)C(=O)N[C@@H](Cc2cccc(c2)CNC(=O)CO4)C(=O)N3)cc1. The molecule has 32 nitrogen and oxygen atoms in total. The third-order valence-corrected chi connectivity index (χ3v) is 24.7. The number of nitrogens with zero attached hydrogens (tertiary/aromatic N) is 4. The van der Waals surface area contributed by atoms with Crippen molar-refractivity contribution in [1.29, 1.82) is 0 Å². The van der Waals surface area contributed by atoms with Gasteiger partial charge in [-0.05, 0) is 152 Å². The van der Waals surface area contributed by atoms with Crippen LogP contribution in [0.4, 0.5) is 9.18 Å². The van der Waals surface area contributed by atoms with Gasteiger partial charge in [0.15, 0.2) is 5.78 Å². The van der Waals surface area contributed by atoms with Crippen LogP contribution in [0.3, 0.4) is 0 Å². The van der Waals surface area contributed by atoms with Crippen LogP contribution in [0.1, 0.15) is 142 Å². The number of rotatable bonds is 17. The number of ether oxygens (including phenoxy) is 5. The number of benzene rings is 6. The normalized spacial score (nSPS) is 23.4. The number of carbonyl (C=O) groups excluding carboxylic acids is 13. The quantitative estimate of drug-likeness (QED) is 0.0530. The van der Waals surface area contributed by atoms with Gasteiger partial charge in [0, 0.05) is 114 Å². The Kier molecular flexibility index (Phi) is 31.9. The molecule has 7 heterocycles. The zero-order valence-corrected chi connectivity index (χ0v) is 72.6. The molecule has 1 aliphatic carbocycles. The summed E-state index contributed by atoms with van der Waals surface area (Å²) in [5, 5.41) is 37.1. The van der Waals surface area contributed by atoms with Crippen molar-refractivity contribution in [3.63, 3.8) is 0 Å². The molecule has 128 heavy (non-hydrogen) atoms. The molecule has 12 amide bonds. The molecule has 7 aromatic rings. The Hall–Kier alpha value is -12.5. The van der Waals surface area contributed by atoms with E-state index in [0.717, 1.165) is 38.3 Å². The van der Waals surface area contributed by atoms with Crippen molar-refractivity contribution in [1.82, 2.24) is 67.1 Å². The molecule has 2 fully saturated rings. The maximum Gasteiger partial charge on any atom is 0.407 e. The van der Waals surface area contributed by atoms with Crippen molar-refractivity contribution in [3.8, 4) is 16.9 Å². The summed E-state index contributed by atoms with van der Waals surface area (Å²) in [7, 11) is 1.49. The van der Waals surface area contributed by atoms with Gasteiger partial charge >= 0.3 is 6.09 Å². The van der Waals surface area contributed by atoms with E-state index in [2.05, 4.69) is 47.9 Å². The molecule has 0 spiro atoms. The van der Waals surface area contributed by atoms with Crippen LogP contribution in [0.2, 0.25) is 0 Å². The van der Waals surface area contributed by atoms with Crippen LogP contribution >= 0.6 is 0 Å². The highest BCUT2D eigenvalue weighted by Gasteiger charge is 2.50. The molecule has 6 aliphatic heterocycles. The highest BCUT2D eigenvalue weighted by atomic mass is 19.1. The molecular formula is C95H114FN13O19. The number of ketones is 1. The van der Waals surface area contributed by atoms with Gasteiger partial charge in [-0.2, -0.15) is 0 Å². The minimum Gasteiger partial charge on any atom is -0.497 e. The first-order valence-corrected chi connectivity index (χ1v) is 44.2. The molecule has 7 aliphatic rings. The number of aliphatic hydroxyl groups is 1. The van der Waals surface area contributed by atoms with Gasteiger partial charge < -0.3 is 95.9 Å². The molecule has 33 heteroatoms. The number of aryl methyl sites for hydroxylation is 1. The van der Waals surface area contributed by atoms with Crippen molar-refractivity contribution in [2.45, 2.75) is 203 Å². The molecule has 0 radical (unpaired) electrons. The zero-order chi connectivity index (χ0) is 90.5. The van der Waals surface area contributed by atoms with Crippen LogP contribution in [-0.4, -0.2) is 241 Å². The zero-order valence-electron chi connectivity index (χ0n) is 72.6. The maximum absolute atomic E-state index is 16.3. The summed E-state index contributed by atoms with van der Waals surface area (Å²) < 4.78 is 46.6. The number of halogens is 1. The number of nitrogens with one attached hydrogen (secondary N) is 9. The lowest BCUT2D eigenvalue weighted by atomic mass is 9.95. The highest BCUT2D eigenvalue weighted by molar-refractivity contribution is 6.00. The van der Waals surface area contributed by atoms with E-state index in [1.807, 2.05) is 77.4 Å². The van der Waals surface area contributed by atoms with Crippen molar-refractivity contribution in [3.05, 3.63) is 196 Å². The molecule has 680 valence electrons. The smallest absolute Gasteiger partial charge is 0.407 e. The second-order valence-corrected chi connectivity index (χ2v) is 33.9. The van der Waals surface area contributed by atoms with E-state index in [1.54, 1.807) is 72.6 Å². The number of fused-ring (bicyclic) bond motifs is 19. The van der Waals surface area contributed by atoms with Crippen molar-refractivity contribution in [2.24, 2.45) is 0 Å². The van der Waals surface area contributed by atoms with E-state index in [9.17, 15) is 38.7 Å². The van der Waals surface area contributed by atoms with E-state index in [0.29, 0.717) is 84.0 Å². The fourth-order valence-electron chi connectivity index (χ4n) is 17.7. The monoisotopic (exact) mass is 1760 g/mol. The number of alkyl carbamates (subject to hydrolysis) is 1. The number of aromatic nitrogens is 1. The fourth-order valence-corrected chi connectivity index (χ4v) is 17.7. The Morgan fingerprint density at radius 3 is 2.10 bits per heavy atom. The number of Topliss-reactive ketones (excluding diaryl/α,β-unsaturated/α-hetero) is 1. The summed E-state index contributed by atoms with van der Waals surface area (Å²) in [5.41, 5.74) is 6.92. The van der Waals surface area contributed by atoms with Gasteiger partial charge in [-0.15, -0.1) is 0 Å². The second kappa shape index (κ2) is 43.8. The van der Waals surface area contributed by atoms with E-state index in [1.165, 1.54) is 38.0 Å². The predicted octanol–water partition coefficient (Wildman–Crippen LogP) is 5.10. The molecule has 12 bridgehead atoms. The second-order valence-electron chi connectivity index (χ2n) is 33.9. The van der Waals surface area contributed by atoms with Crippen LogP contribution in [0.15, 0.2) is 146 Å². The van der Waals surface area contributed by atoms with Crippen LogP contribution in [0.5, 0.6) is 5.75 Å². The van der Waals surface area contributed by atoms with Gasteiger partial charge in [0.05, 0.1) is 39.1 Å². The summed E-state index contributed by atoms with van der Waals surface area (Å²) in [4.78, 5) is 197. The Morgan fingerprint density at radius 2 is 1.35 bits per heavy atom. The van der Waals surface area contributed by atoms with Crippen molar-refractivity contribution >= 4 is 87.8 Å². The van der Waals surface area contributed by atoms with Gasteiger partial charge in [-0.1, -0.05) is 122 Å². The van der Waals surface area contributed by atoms with Crippen molar-refractivity contribution in [2.75, 3.05) is 79.5 Å². The van der Waals surface area contributed by atoms with E-state index >= 15 is 33.2 Å². The molecule has 10 atom stereocenters. The largest absolute Gasteiger partial charge is 0.497 e. The van der Waals surface area contributed by atoms with Crippen LogP contribution in [0.25, 0.3) is 22.0 Å². The Balaban J connectivity index is 0.808. The number of hydrogen-bond acceptors (Lipinski definition) is 19. The Morgan fingerprint density at radius 1 is 0.641 bits per heavy atom. The minimum absolute atomic E-state index is 0.0100. The minimum atomic E-state index is -1.88. The van der Waals surface area contributed by atoms with E-state index < -0.39 is 169 Å². The first-order valence-electron chi connectivity index (χ1n) is 44.2. The first-order chi connectivity index (χ1) is 61.8. The Bertz CT molecular complexity index is 5160. The molecule has 1 aromatic heterocycles. The van der Waals surface area contributed by atoms with Gasteiger partial charge in [-0.25, -0.2) is 9.18 Å². The lowest BCUT2D eigenvalue weighted by Gasteiger charge is -2.37. The molecule has 0 saturated carbocycles. The third-order valence-electron chi connectivity index (χ3n) is 24.7. The molecule has 6 aromatic carbocycles. The summed E-state index contributed by atoms with van der Waals surface area (Å²) in [6.45, 7) is 4.05. The lowest BCUT2D eigenvalue weighted by Crippen LogP contribution is -2.64. The Labute approximate surface area is 741 Å². The fraction of sp³-hybridized carbons (Fsp3) is 0.463. The van der Waals surface area contributed by atoms with Gasteiger partial charge in [0.1, 0.15) is 79.2 Å². The summed E-state index contributed by atoms with van der Waals surface area (Å²) >= 11 is 0.